The molecule has 0 spiro atoms. The van der Waals surface area contributed by atoms with Gasteiger partial charge in [0.05, 0.1) is 18.8 Å². The maximum atomic E-state index is 12.0. The van der Waals surface area contributed by atoms with E-state index in [1.807, 2.05) is 30.3 Å². The molecule has 0 radical (unpaired) electrons. The molecule has 110 valence electrons. The number of aliphatic hydroxyl groups is 2. The first-order chi connectivity index (χ1) is 9.61. The van der Waals surface area contributed by atoms with Crippen LogP contribution in [0.2, 0.25) is 0 Å². The zero-order valence-electron chi connectivity index (χ0n) is 11.2. The largest absolute Gasteiger partial charge is 0.445 e. The number of amides is 1. The van der Waals surface area contributed by atoms with Crippen LogP contribution in [0.4, 0.5) is 4.79 Å². The van der Waals surface area contributed by atoms with Crippen molar-refractivity contribution in [2.75, 3.05) is 13.2 Å². The molecule has 4 N–H and O–H groups in total. The Balaban J connectivity index is 1.93. The van der Waals surface area contributed by atoms with Crippen molar-refractivity contribution in [3.8, 4) is 0 Å². The van der Waals surface area contributed by atoms with Crippen molar-refractivity contribution >= 4 is 6.09 Å². The van der Waals surface area contributed by atoms with Crippen LogP contribution in [0.5, 0.6) is 0 Å². The molecular formula is C14H20N2O4. The minimum atomic E-state index is -0.703. The van der Waals surface area contributed by atoms with Gasteiger partial charge < -0.3 is 25.6 Å². The number of carbonyl (C=O) groups excluding carboxylic acids is 1. The van der Waals surface area contributed by atoms with E-state index in [-0.39, 0.29) is 26.2 Å². The van der Waals surface area contributed by atoms with Gasteiger partial charge in [0.1, 0.15) is 6.61 Å². The first kappa shape index (κ1) is 14.8. The van der Waals surface area contributed by atoms with E-state index >= 15 is 0 Å². The summed E-state index contributed by atoms with van der Waals surface area (Å²) in [6.07, 6.45) is -0.960. The van der Waals surface area contributed by atoms with E-state index in [0.717, 1.165) is 5.56 Å². The minimum Gasteiger partial charge on any atom is -0.445 e. The second-order valence-corrected chi connectivity index (χ2v) is 5.00. The van der Waals surface area contributed by atoms with Gasteiger partial charge in [-0.3, -0.25) is 0 Å². The molecule has 1 aromatic carbocycles. The number of hydrogen-bond acceptors (Lipinski definition) is 5. The molecule has 1 aromatic rings. The molecular weight excluding hydrogens is 260 g/mol. The fourth-order valence-electron chi connectivity index (χ4n) is 2.28. The summed E-state index contributed by atoms with van der Waals surface area (Å²) in [5.41, 5.74) is 6.64. The molecule has 2 rings (SSSR count). The molecule has 0 bridgehead atoms. The molecule has 6 heteroatoms. The Morgan fingerprint density at radius 1 is 1.40 bits per heavy atom. The van der Waals surface area contributed by atoms with Crippen molar-refractivity contribution in [3.05, 3.63) is 35.9 Å². The average Bonchev–Trinajstić information content (AvgIpc) is 2.48. The van der Waals surface area contributed by atoms with Gasteiger partial charge in [-0.25, -0.2) is 4.79 Å². The van der Waals surface area contributed by atoms with E-state index in [4.69, 9.17) is 10.5 Å². The molecule has 1 amide bonds. The van der Waals surface area contributed by atoms with E-state index in [1.165, 1.54) is 4.90 Å². The van der Waals surface area contributed by atoms with E-state index in [2.05, 4.69) is 0 Å². The minimum absolute atomic E-state index is 0.173. The Bertz CT molecular complexity index is 440. The van der Waals surface area contributed by atoms with Crippen LogP contribution >= 0.6 is 0 Å². The molecule has 20 heavy (non-hydrogen) atoms. The molecule has 6 nitrogen and oxygen atoms in total. The summed E-state index contributed by atoms with van der Waals surface area (Å²) in [5, 5.41) is 19.0. The fraction of sp³-hybridized carbons (Fsp3) is 0.500. The maximum absolute atomic E-state index is 12.0. The highest BCUT2D eigenvalue weighted by molar-refractivity contribution is 5.68. The number of piperidine rings is 1. The van der Waals surface area contributed by atoms with Gasteiger partial charge >= 0.3 is 6.09 Å². The number of nitrogens with two attached hydrogens (primary N) is 1. The van der Waals surface area contributed by atoms with Crippen LogP contribution in [-0.2, 0) is 11.3 Å². The zero-order chi connectivity index (χ0) is 14.5. The number of benzene rings is 1. The van der Waals surface area contributed by atoms with Crippen molar-refractivity contribution in [1.82, 2.24) is 4.90 Å². The monoisotopic (exact) mass is 280 g/mol. The Morgan fingerprint density at radius 2 is 2.10 bits per heavy atom. The molecule has 0 aliphatic carbocycles. The van der Waals surface area contributed by atoms with Crippen LogP contribution in [0, 0.1) is 0 Å². The number of ether oxygens (including phenoxy) is 1. The average molecular weight is 280 g/mol. The second kappa shape index (κ2) is 6.69. The van der Waals surface area contributed by atoms with Gasteiger partial charge in [0.15, 0.2) is 0 Å². The summed E-state index contributed by atoms with van der Waals surface area (Å²) >= 11 is 0. The lowest BCUT2D eigenvalue weighted by molar-refractivity contribution is -0.00176. The topological polar surface area (TPSA) is 96.0 Å². The van der Waals surface area contributed by atoms with Crippen LogP contribution in [0.1, 0.15) is 12.0 Å². The lowest BCUT2D eigenvalue weighted by atomic mass is 9.97. The summed E-state index contributed by atoms with van der Waals surface area (Å²) < 4.78 is 5.22. The van der Waals surface area contributed by atoms with Crippen LogP contribution < -0.4 is 5.73 Å². The number of nitrogens with zero attached hydrogens (tertiary/aromatic N) is 1. The first-order valence-electron chi connectivity index (χ1n) is 6.63. The third-order valence-electron chi connectivity index (χ3n) is 3.51. The number of aliphatic hydroxyl groups excluding tert-OH is 2. The molecule has 1 heterocycles. The van der Waals surface area contributed by atoms with Crippen molar-refractivity contribution in [2.45, 2.75) is 31.2 Å². The van der Waals surface area contributed by atoms with Crippen molar-refractivity contribution < 1.29 is 19.7 Å². The van der Waals surface area contributed by atoms with Crippen LogP contribution in [0.25, 0.3) is 0 Å². The van der Waals surface area contributed by atoms with Crippen molar-refractivity contribution in [2.24, 2.45) is 5.73 Å². The van der Waals surface area contributed by atoms with Crippen molar-refractivity contribution in [3.63, 3.8) is 0 Å². The van der Waals surface area contributed by atoms with E-state index in [9.17, 15) is 15.0 Å². The molecule has 0 unspecified atom stereocenters. The predicted octanol–water partition coefficient (Wildman–Crippen LogP) is 0.0780. The number of hydrogen-bond donors (Lipinski definition) is 3. The Labute approximate surface area is 117 Å². The molecule has 1 aliphatic rings. The standard InChI is InChI=1S/C14H20N2O4/c15-12-7-16(11(8-17)6-13(12)18)14(19)20-9-10-4-2-1-3-5-10/h1-5,11-13,17-18H,6-9,15H2/t11-,12-,13+/m0/s1. The van der Waals surface area contributed by atoms with Gasteiger partial charge in [0.25, 0.3) is 0 Å². The highest BCUT2D eigenvalue weighted by Gasteiger charge is 2.35. The van der Waals surface area contributed by atoms with Crippen molar-refractivity contribution in [1.29, 1.82) is 0 Å². The zero-order valence-corrected chi connectivity index (χ0v) is 11.2. The van der Waals surface area contributed by atoms with E-state index < -0.39 is 24.3 Å². The summed E-state index contributed by atoms with van der Waals surface area (Å²) in [5.74, 6) is 0. The molecule has 3 atom stereocenters. The summed E-state index contributed by atoms with van der Waals surface area (Å²) in [4.78, 5) is 13.4. The summed E-state index contributed by atoms with van der Waals surface area (Å²) in [6.45, 7) is 0.135. The van der Waals surface area contributed by atoms with E-state index in [1.54, 1.807) is 0 Å². The molecule has 1 fully saturated rings. The molecule has 1 aliphatic heterocycles. The van der Waals surface area contributed by atoms with Crippen LogP contribution in [0.15, 0.2) is 30.3 Å². The number of rotatable bonds is 3. The smallest absolute Gasteiger partial charge is 0.410 e. The highest BCUT2D eigenvalue weighted by atomic mass is 16.6. The second-order valence-electron chi connectivity index (χ2n) is 5.00. The number of likely N-dealkylation sites (tertiary alicyclic amines) is 1. The molecule has 1 saturated heterocycles. The number of carbonyl (C=O) groups is 1. The molecule has 0 saturated carbocycles. The van der Waals surface area contributed by atoms with Gasteiger partial charge in [-0.05, 0) is 12.0 Å². The van der Waals surface area contributed by atoms with Gasteiger partial charge in [-0.15, -0.1) is 0 Å². The van der Waals surface area contributed by atoms with Gasteiger partial charge in [-0.2, -0.15) is 0 Å². The Morgan fingerprint density at radius 3 is 2.75 bits per heavy atom. The summed E-state index contributed by atoms with van der Waals surface area (Å²) in [6, 6.07) is 8.39. The fourth-order valence-corrected chi connectivity index (χ4v) is 2.28. The first-order valence-corrected chi connectivity index (χ1v) is 6.63. The Hall–Kier alpha value is -1.63. The lowest BCUT2D eigenvalue weighted by Gasteiger charge is -2.39. The predicted molar refractivity (Wildman–Crippen MR) is 72.8 cm³/mol. The highest BCUT2D eigenvalue weighted by Crippen LogP contribution is 2.18. The van der Waals surface area contributed by atoms with E-state index in [0.29, 0.717) is 0 Å². The Kier molecular flexibility index (Phi) is 4.94. The van der Waals surface area contributed by atoms with Gasteiger partial charge in [-0.1, -0.05) is 30.3 Å². The van der Waals surface area contributed by atoms with Crippen LogP contribution in [0.3, 0.4) is 0 Å². The maximum Gasteiger partial charge on any atom is 0.410 e. The quantitative estimate of drug-likeness (QED) is 0.728. The lowest BCUT2D eigenvalue weighted by Crippen LogP contribution is -2.58. The SMILES string of the molecule is N[C@H]1CN(C(=O)OCc2ccccc2)[C@H](CO)C[C@H]1O. The molecule has 0 aromatic heterocycles. The van der Waals surface area contributed by atoms with Gasteiger partial charge in [0, 0.05) is 12.6 Å². The van der Waals surface area contributed by atoms with Gasteiger partial charge in [0.2, 0.25) is 0 Å². The third kappa shape index (κ3) is 3.47. The third-order valence-corrected chi connectivity index (χ3v) is 3.51. The summed E-state index contributed by atoms with van der Waals surface area (Å²) in [7, 11) is 0. The normalized spacial score (nSPS) is 26.4. The van der Waals surface area contributed by atoms with Crippen LogP contribution in [-0.4, -0.2) is 52.5 Å².